The monoisotopic (exact) mass is 412 g/mol. The minimum Gasteiger partial charge on any atom is -0.349 e. The normalized spacial score (nSPS) is 14.2. The van der Waals surface area contributed by atoms with E-state index < -0.39 is 27.1 Å². The van der Waals surface area contributed by atoms with Gasteiger partial charge in [-0.15, -0.1) is 0 Å². The average Bonchev–Trinajstić information content (AvgIpc) is 2.74. The van der Waals surface area contributed by atoms with Crippen molar-refractivity contribution in [2.45, 2.75) is 25.8 Å². The maximum absolute atomic E-state index is 12.9. The zero-order chi connectivity index (χ0) is 21.8. The molecule has 156 valence electrons. The number of amides is 2. The number of hydrogen-bond acceptors (Lipinski definition) is 6. The fraction of sp³-hybridized carbons (Fsp3) is 0.300. The molecule has 2 aromatic carbocycles. The number of nitro benzene ring substituents is 2. The molecule has 0 spiro atoms. The molecular weight excluding hydrogens is 392 g/mol. The molecule has 1 fully saturated rings. The lowest BCUT2D eigenvalue weighted by Gasteiger charge is -2.32. The van der Waals surface area contributed by atoms with Crippen LogP contribution in [-0.4, -0.2) is 45.7 Å². The number of carbonyl (C=O) groups is 2. The van der Waals surface area contributed by atoms with E-state index in [0.29, 0.717) is 31.5 Å². The molecule has 0 aliphatic carbocycles. The molecule has 1 aliphatic heterocycles. The van der Waals surface area contributed by atoms with Crippen molar-refractivity contribution in [3.63, 3.8) is 0 Å². The number of nitrogens with zero attached hydrogens (tertiary/aromatic N) is 3. The van der Waals surface area contributed by atoms with Crippen LogP contribution in [-0.2, 0) is 0 Å². The van der Waals surface area contributed by atoms with E-state index in [9.17, 15) is 29.8 Å². The molecule has 1 aliphatic rings. The van der Waals surface area contributed by atoms with E-state index in [-0.39, 0.29) is 23.1 Å². The number of rotatable bonds is 5. The first-order valence-corrected chi connectivity index (χ1v) is 9.36. The fourth-order valence-corrected chi connectivity index (χ4v) is 3.46. The molecule has 10 heteroatoms. The van der Waals surface area contributed by atoms with Gasteiger partial charge in [0.05, 0.1) is 21.5 Å². The molecular formula is C20H20N4O6. The third-order valence-electron chi connectivity index (χ3n) is 5.16. The van der Waals surface area contributed by atoms with E-state index in [0.717, 1.165) is 12.1 Å². The number of hydrogen-bond donors (Lipinski definition) is 1. The van der Waals surface area contributed by atoms with Crippen LogP contribution in [0.5, 0.6) is 0 Å². The van der Waals surface area contributed by atoms with Gasteiger partial charge >= 0.3 is 0 Å². The number of nitrogens with one attached hydrogen (secondary N) is 1. The van der Waals surface area contributed by atoms with Gasteiger partial charge in [-0.1, -0.05) is 18.2 Å². The number of likely N-dealkylation sites (tertiary alicyclic amines) is 1. The van der Waals surface area contributed by atoms with Crippen LogP contribution in [0.3, 0.4) is 0 Å². The lowest BCUT2D eigenvalue weighted by molar-refractivity contribution is -0.394. The van der Waals surface area contributed by atoms with Gasteiger partial charge in [-0.3, -0.25) is 29.8 Å². The first-order valence-electron chi connectivity index (χ1n) is 9.36. The first-order chi connectivity index (χ1) is 14.3. The molecule has 2 amide bonds. The Hall–Kier alpha value is -3.82. The lowest BCUT2D eigenvalue weighted by atomic mass is 10.0. The fourth-order valence-electron chi connectivity index (χ4n) is 3.46. The molecule has 1 heterocycles. The summed E-state index contributed by atoms with van der Waals surface area (Å²) in [4.78, 5) is 47.6. The lowest BCUT2D eigenvalue weighted by Crippen LogP contribution is -2.46. The van der Waals surface area contributed by atoms with E-state index in [2.05, 4.69) is 5.32 Å². The van der Waals surface area contributed by atoms with Gasteiger partial charge in [-0.05, 0) is 31.9 Å². The van der Waals surface area contributed by atoms with Gasteiger partial charge in [0.25, 0.3) is 23.2 Å². The molecule has 0 bridgehead atoms. The minimum absolute atomic E-state index is 0.0531. The Morgan fingerprint density at radius 1 is 1.03 bits per heavy atom. The van der Waals surface area contributed by atoms with E-state index in [1.807, 2.05) is 6.07 Å². The van der Waals surface area contributed by atoms with Crippen LogP contribution in [0.15, 0.2) is 42.5 Å². The smallest absolute Gasteiger partial charge is 0.279 e. The van der Waals surface area contributed by atoms with Gasteiger partial charge in [-0.25, -0.2) is 0 Å². The van der Waals surface area contributed by atoms with Crippen LogP contribution < -0.4 is 5.32 Å². The number of nitro groups is 2. The number of benzene rings is 2. The van der Waals surface area contributed by atoms with Crippen molar-refractivity contribution in [3.8, 4) is 0 Å². The quantitative estimate of drug-likeness (QED) is 0.592. The Morgan fingerprint density at radius 3 is 2.23 bits per heavy atom. The second-order valence-corrected chi connectivity index (χ2v) is 7.06. The van der Waals surface area contributed by atoms with Crippen molar-refractivity contribution < 1.29 is 19.4 Å². The molecule has 1 saturated heterocycles. The summed E-state index contributed by atoms with van der Waals surface area (Å²) in [5.41, 5.74) is -0.369. The number of carbonyl (C=O) groups excluding carboxylic acids is 2. The highest BCUT2D eigenvalue weighted by molar-refractivity contribution is 5.97. The summed E-state index contributed by atoms with van der Waals surface area (Å²) in [5, 5.41) is 25.3. The molecule has 10 nitrogen and oxygen atoms in total. The third-order valence-corrected chi connectivity index (χ3v) is 5.16. The minimum atomic E-state index is -0.755. The topological polar surface area (TPSA) is 136 Å². The summed E-state index contributed by atoms with van der Waals surface area (Å²) in [7, 11) is 0. The van der Waals surface area contributed by atoms with E-state index >= 15 is 0 Å². The van der Waals surface area contributed by atoms with Crippen LogP contribution in [0.4, 0.5) is 11.4 Å². The second-order valence-electron chi connectivity index (χ2n) is 7.06. The molecule has 0 aromatic heterocycles. The van der Waals surface area contributed by atoms with Gasteiger partial charge < -0.3 is 10.2 Å². The Bertz CT molecular complexity index is 1000. The van der Waals surface area contributed by atoms with Gasteiger partial charge in [0.2, 0.25) is 0 Å². The van der Waals surface area contributed by atoms with Gasteiger partial charge in [0.1, 0.15) is 0 Å². The molecule has 2 aromatic rings. The van der Waals surface area contributed by atoms with Crippen LogP contribution in [0.1, 0.15) is 39.1 Å². The van der Waals surface area contributed by atoms with Crippen molar-refractivity contribution in [2.24, 2.45) is 0 Å². The van der Waals surface area contributed by atoms with Crippen LogP contribution >= 0.6 is 0 Å². The summed E-state index contributed by atoms with van der Waals surface area (Å²) >= 11 is 0. The van der Waals surface area contributed by atoms with E-state index in [1.54, 1.807) is 24.3 Å². The second kappa shape index (κ2) is 8.68. The van der Waals surface area contributed by atoms with Crippen molar-refractivity contribution in [3.05, 3.63) is 79.4 Å². The van der Waals surface area contributed by atoms with E-state index in [1.165, 1.54) is 11.8 Å². The molecule has 0 unspecified atom stereocenters. The highest BCUT2D eigenvalue weighted by Crippen LogP contribution is 2.29. The zero-order valence-corrected chi connectivity index (χ0v) is 16.2. The maximum Gasteiger partial charge on any atom is 0.279 e. The summed E-state index contributed by atoms with van der Waals surface area (Å²) in [6.07, 6.45) is 1.03. The molecule has 0 atom stereocenters. The first kappa shape index (κ1) is 20.9. The Morgan fingerprint density at radius 2 is 1.67 bits per heavy atom. The number of non-ortho nitro benzene ring substituents is 1. The van der Waals surface area contributed by atoms with Crippen molar-refractivity contribution >= 4 is 23.2 Å². The highest BCUT2D eigenvalue weighted by atomic mass is 16.6. The van der Waals surface area contributed by atoms with Crippen molar-refractivity contribution in [2.75, 3.05) is 13.1 Å². The van der Waals surface area contributed by atoms with Gasteiger partial charge in [0, 0.05) is 36.3 Å². The zero-order valence-electron chi connectivity index (χ0n) is 16.2. The summed E-state index contributed by atoms with van der Waals surface area (Å²) in [5.74, 6) is -0.683. The molecule has 0 radical (unpaired) electrons. The summed E-state index contributed by atoms with van der Waals surface area (Å²) in [6, 6.07) is 10.6. The molecule has 0 saturated carbocycles. The predicted octanol–water partition coefficient (Wildman–Crippen LogP) is 2.85. The van der Waals surface area contributed by atoms with Crippen LogP contribution in [0.25, 0.3) is 0 Å². The largest absolute Gasteiger partial charge is 0.349 e. The summed E-state index contributed by atoms with van der Waals surface area (Å²) < 4.78 is 0. The van der Waals surface area contributed by atoms with Crippen molar-refractivity contribution in [1.82, 2.24) is 10.2 Å². The maximum atomic E-state index is 12.9. The average molecular weight is 412 g/mol. The van der Waals surface area contributed by atoms with Gasteiger partial charge in [-0.2, -0.15) is 0 Å². The standard InChI is InChI=1S/C20H20N4O6/c1-13-17(11-16(23(27)28)12-18(13)24(29)30)20(26)22-9-7-15(8-10-22)21-19(25)14-5-3-2-4-6-14/h2-6,11-12,15H,7-10H2,1H3,(H,21,25). The Kier molecular flexibility index (Phi) is 6.05. The highest BCUT2D eigenvalue weighted by Gasteiger charge is 2.30. The Labute approximate surface area is 171 Å². The number of piperidine rings is 1. The molecule has 3 rings (SSSR count). The third kappa shape index (κ3) is 4.43. The Balaban J connectivity index is 1.70. The summed E-state index contributed by atoms with van der Waals surface area (Å²) in [6.45, 7) is 2.06. The SMILES string of the molecule is Cc1c(C(=O)N2CCC(NC(=O)c3ccccc3)CC2)cc([N+](=O)[O-])cc1[N+](=O)[O-]. The molecule has 1 N–H and O–H groups in total. The van der Waals surface area contributed by atoms with Crippen LogP contribution in [0, 0.1) is 27.2 Å². The van der Waals surface area contributed by atoms with Gasteiger partial charge in [0.15, 0.2) is 0 Å². The molecule has 30 heavy (non-hydrogen) atoms. The van der Waals surface area contributed by atoms with Crippen molar-refractivity contribution in [1.29, 1.82) is 0 Å². The predicted molar refractivity (Wildman–Crippen MR) is 107 cm³/mol. The van der Waals surface area contributed by atoms with Crippen LogP contribution in [0.2, 0.25) is 0 Å². The van der Waals surface area contributed by atoms with E-state index in [4.69, 9.17) is 0 Å².